The summed E-state index contributed by atoms with van der Waals surface area (Å²) in [5, 5.41) is 31.8. The molecule has 0 radical (unpaired) electrons. The number of fused-ring (bicyclic) bond motifs is 2. The second-order valence-corrected chi connectivity index (χ2v) is 4.17. The molecule has 2 saturated heterocycles. The molecule has 5 nitrogen and oxygen atoms in total. The van der Waals surface area contributed by atoms with E-state index in [-0.39, 0.29) is 18.8 Å². The van der Waals surface area contributed by atoms with Gasteiger partial charge < -0.3 is 25.4 Å². The van der Waals surface area contributed by atoms with Gasteiger partial charge >= 0.3 is 0 Å². The molecule has 2 aliphatic heterocycles. The summed E-state index contributed by atoms with van der Waals surface area (Å²) >= 11 is 0. The second kappa shape index (κ2) is 3.43. The van der Waals surface area contributed by atoms with Gasteiger partial charge in [-0.2, -0.15) is 0 Å². The lowest BCUT2D eigenvalue weighted by atomic mass is 9.88. The van der Waals surface area contributed by atoms with E-state index in [2.05, 4.69) is 5.32 Å². The lowest BCUT2D eigenvalue weighted by molar-refractivity contribution is -0.219. The van der Waals surface area contributed by atoms with Crippen LogP contribution in [0.5, 0.6) is 0 Å². The van der Waals surface area contributed by atoms with Crippen LogP contribution in [0.25, 0.3) is 0 Å². The maximum absolute atomic E-state index is 9.84. The maximum Gasteiger partial charge on any atom is 0.120 e. The van der Waals surface area contributed by atoms with E-state index in [9.17, 15) is 15.3 Å². The Morgan fingerprint density at radius 1 is 1.50 bits per heavy atom. The largest absolute Gasteiger partial charge is 0.393 e. The van der Waals surface area contributed by atoms with Crippen molar-refractivity contribution in [2.24, 2.45) is 0 Å². The Bertz CT molecular complexity index is 225. The molecule has 0 saturated carbocycles. The summed E-state index contributed by atoms with van der Waals surface area (Å²) < 4.78 is 5.60. The SMILES string of the molecule is CNC1[C@@H](O)[C@@H](O)[C@]2(CO)CC[C@H]1O2. The number of rotatable bonds is 2. The van der Waals surface area contributed by atoms with Crippen LogP contribution in [0, 0.1) is 0 Å². The minimum atomic E-state index is -1.01. The van der Waals surface area contributed by atoms with Crippen molar-refractivity contribution >= 4 is 0 Å². The number of aliphatic hydroxyl groups excluding tert-OH is 3. The van der Waals surface area contributed by atoms with Gasteiger partial charge in [0.25, 0.3) is 0 Å². The van der Waals surface area contributed by atoms with Gasteiger partial charge in [-0.25, -0.2) is 0 Å². The third-order valence-corrected chi connectivity index (χ3v) is 3.47. The van der Waals surface area contributed by atoms with Gasteiger partial charge in [-0.1, -0.05) is 0 Å². The minimum Gasteiger partial charge on any atom is -0.393 e. The molecule has 2 fully saturated rings. The molecule has 0 aliphatic carbocycles. The third-order valence-electron chi connectivity index (χ3n) is 3.47. The molecule has 5 atom stereocenters. The first-order valence-corrected chi connectivity index (χ1v) is 4.97. The highest BCUT2D eigenvalue weighted by Crippen LogP contribution is 2.41. The van der Waals surface area contributed by atoms with Crippen molar-refractivity contribution in [1.29, 1.82) is 0 Å². The monoisotopic (exact) mass is 203 g/mol. The van der Waals surface area contributed by atoms with Crippen molar-refractivity contribution in [2.45, 2.75) is 42.8 Å². The quantitative estimate of drug-likeness (QED) is 0.426. The average Bonchev–Trinajstić information content (AvgIpc) is 2.59. The zero-order chi connectivity index (χ0) is 10.3. The molecule has 5 heteroatoms. The first-order chi connectivity index (χ1) is 6.64. The predicted molar refractivity (Wildman–Crippen MR) is 48.8 cm³/mol. The smallest absolute Gasteiger partial charge is 0.120 e. The zero-order valence-corrected chi connectivity index (χ0v) is 8.18. The van der Waals surface area contributed by atoms with Crippen molar-refractivity contribution in [3.05, 3.63) is 0 Å². The van der Waals surface area contributed by atoms with Crippen molar-refractivity contribution in [2.75, 3.05) is 13.7 Å². The predicted octanol–water partition coefficient (Wildman–Crippen LogP) is -1.78. The molecule has 2 rings (SSSR count). The van der Waals surface area contributed by atoms with Crippen molar-refractivity contribution in [3.8, 4) is 0 Å². The van der Waals surface area contributed by atoms with E-state index in [0.717, 1.165) is 6.42 Å². The normalized spacial score (nSPS) is 52.3. The Morgan fingerprint density at radius 3 is 2.79 bits per heavy atom. The van der Waals surface area contributed by atoms with E-state index in [1.807, 2.05) is 0 Å². The van der Waals surface area contributed by atoms with Gasteiger partial charge in [0.15, 0.2) is 0 Å². The number of ether oxygens (including phenoxy) is 1. The number of nitrogens with one attached hydrogen (secondary N) is 1. The summed E-state index contributed by atoms with van der Waals surface area (Å²) in [6.45, 7) is -0.238. The molecule has 0 aromatic heterocycles. The van der Waals surface area contributed by atoms with Gasteiger partial charge in [0.2, 0.25) is 0 Å². The molecule has 82 valence electrons. The van der Waals surface area contributed by atoms with Crippen molar-refractivity contribution in [3.63, 3.8) is 0 Å². The van der Waals surface area contributed by atoms with Gasteiger partial charge in [-0.05, 0) is 19.9 Å². The molecule has 4 N–H and O–H groups in total. The van der Waals surface area contributed by atoms with E-state index >= 15 is 0 Å². The molecule has 0 amide bonds. The summed E-state index contributed by atoms with van der Waals surface area (Å²) in [7, 11) is 1.73. The Kier molecular flexibility index (Phi) is 2.53. The average molecular weight is 203 g/mol. The second-order valence-electron chi connectivity index (χ2n) is 4.17. The summed E-state index contributed by atoms with van der Waals surface area (Å²) in [6.07, 6.45) is -0.618. The van der Waals surface area contributed by atoms with E-state index in [1.165, 1.54) is 0 Å². The fourth-order valence-corrected chi connectivity index (χ4v) is 2.57. The van der Waals surface area contributed by atoms with Crippen molar-refractivity contribution in [1.82, 2.24) is 5.32 Å². The first-order valence-electron chi connectivity index (χ1n) is 4.97. The van der Waals surface area contributed by atoms with Gasteiger partial charge in [0.05, 0.1) is 18.8 Å². The highest BCUT2D eigenvalue weighted by molar-refractivity contribution is 5.08. The lowest BCUT2D eigenvalue weighted by Gasteiger charge is -2.43. The Labute approximate surface area is 82.7 Å². The van der Waals surface area contributed by atoms with Crippen molar-refractivity contribution < 1.29 is 20.1 Å². The molecular weight excluding hydrogens is 186 g/mol. The van der Waals surface area contributed by atoms with Crippen LogP contribution in [0.15, 0.2) is 0 Å². The molecular formula is C9H17NO4. The van der Waals surface area contributed by atoms with Gasteiger partial charge in [-0.3, -0.25) is 0 Å². The summed E-state index contributed by atoms with van der Waals surface area (Å²) in [5.41, 5.74) is -0.933. The standard InChI is InChI=1S/C9H17NO4/c1-10-6-5-2-3-9(4-11,14-5)8(13)7(6)12/h5-8,10-13H,2-4H2,1H3/t5-,6?,7-,8-,9-/m1/s1. The molecule has 2 heterocycles. The third kappa shape index (κ3) is 1.20. The van der Waals surface area contributed by atoms with Crippen LogP contribution in [-0.4, -0.2) is 58.9 Å². The van der Waals surface area contributed by atoms with Crippen LogP contribution < -0.4 is 5.32 Å². The number of likely N-dealkylation sites (N-methyl/N-ethyl adjacent to an activating group) is 1. The lowest BCUT2D eigenvalue weighted by Crippen LogP contribution is -2.64. The van der Waals surface area contributed by atoms with Crippen LogP contribution in [-0.2, 0) is 4.74 Å². The van der Waals surface area contributed by atoms with Gasteiger partial charge in [0, 0.05) is 0 Å². The van der Waals surface area contributed by atoms with Crippen LogP contribution in [0.1, 0.15) is 12.8 Å². The highest BCUT2D eigenvalue weighted by atomic mass is 16.5. The van der Waals surface area contributed by atoms with Crippen LogP contribution in [0.4, 0.5) is 0 Å². The molecule has 0 aromatic carbocycles. The summed E-state index contributed by atoms with van der Waals surface area (Å²) in [5.74, 6) is 0. The van der Waals surface area contributed by atoms with Crippen LogP contribution >= 0.6 is 0 Å². The van der Waals surface area contributed by atoms with E-state index < -0.39 is 17.8 Å². The van der Waals surface area contributed by atoms with Crippen LogP contribution in [0.2, 0.25) is 0 Å². The molecule has 2 bridgehead atoms. The van der Waals surface area contributed by atoms with E-state index in [4.69, 9.17) is 4.74 Å². The summed E-state index contributed by atoms with van der Waals surface area (Å²) in [4.78, 5) is 0. The number of hydrogen-bond acceptors (Lipinski definition) is 5. The molecule has 0 aromatic rings. The zero-order valence-electron chi connectivity index (χ0n) is 8.18. The molecule has 0 spiro atoms. The maximum atomic E-state index is 9.84. The number of hydrogen-bond donors (Lipinski definition) is 4. The Morgan fingerprint density at radius 2 is 2.21 bits per heavy atom. The Balaban J connectivity index is 2.23. The fraction of sp³-hybridized carbons (Fsp3) is 1.00. The molecule has 1 unspecified atom stereocenters. The Hall–Kier alpha value is -0.200. The topological polar surface area (TPSA) is 82.0 Å². The summed E-state index contributed by atoms with van der Waals surface area (Å²) in [6, 6.07) is -0.243. The van der Waals surface area contributed by atoms with Gasteiger partial charge in [-0.15, -0.1) is 0 Å². The highest BCUT2D eigenvalue weighted by Gasteiger charge is 2.57. The first kappa shape index (κ1) is 10.3. The van der Waals surface area contributed by atoms with E-state index in [0.29, 0.717) is 6.42 Å². The van der Waals surface area contributed by atoms with Crippen LogP contribution in [0.3, 0.4) is 0 Å². The number of aliphatic hydroxyl groups is 3. The fourth-order valence-electron chi connectivity index (χ4n) is 2.57. The minimum absolute atomic E-state index is 0.106. The molecule has 2 aliphatic rings. The van der Waals surface area contributed by atoms with Gasteiger partial charge in [0.1, 0.15) is 17.8 Å². The molecule has 14 heavy (non-hydrogen) atoms. The van der Waals surface area contributed by atoms with E-state index in [1.54, 1.807) is 7.05 Å².